The van der Waals surface area contributed by atoms with Crippen LogP contribution in [-0.4, -0.2) is 23.9 Å². The Balaban J connectivity index is 2.36. The van der Waals surface area contributed by atoms with Gasteiger partial charge in [0, 0.05) is 25.7 Å². The van der Waals surface area contributed by atoms with Crippen molar-refractivity contribution in [2.24, 2.45) is 0 Å². The van der Waals surface area contributed by atoms with Gasteiger partial charge in [0.1, 0.15) is 5.82 Å². The lowest BCUT2D eigenvalue weighted by molar-refractivity contribution is 0.572. The zero-order valence-corrected chi connectivity index (χ0v) is 11.2. The van der Waals surface area contributed by atoms with Gasteiger partial charge in [-0.15, -0.1) is 0 Å². The van der Waals surface area contributed by atoms with Crippen molar-refractivity contribution in [2.45, 2.75) is 6.54 Å². The molecule has 0 saturated heterocycles. The third-order valence-electron chi connectivity index (χ3n) is 2.87. The summed E-state index contributed by atoms with van der Waals surface area (Å²) in [7, 11) is 3.60. The third-order valence-corrected chi connectivity index (χ3v) is 2.87. The van der Waals surface area contributed by atoms with Gasteiger partial charge in [-0.1, -0.05) is 0 Å². The molecule has 0 saturated carbocycles. The molecule has 1 aromatic carbocycles. The number of nitrogens with zero attached hydrogens (tertiary/aromatic N) is 4. The highest BCUT2D eigenvalue weighted by Crippen LogP contribution is 2.11. The highest BCUT2D eigenvalue weighted by Gasteiger charge is 2.07. The van der Waals surface area contributed by atoms with E-state index >= 15 is 0 Å². The minimum atomic E-state index is -0.464. The van der Waals surface area contributed by atoms with Crippen molar-refractivity contribution < 1.29 is 4.39 Å². The molecule has 0 aliphatic rings. The zero-order chi connectivity index (χ0) is 14.7. The van der Waals surface area contributed by atoms with Crippen LogP contribution in [-0.2, 0) is 6.54 Å². The van der Waals surface area contributed by atoms with E-state index in [9.17, 15) is 9.18 Å². The Morgan fingerprint density at radius 2 is 2.15 bits per heavy atom. The maximum atomic E-state index is 13.7. The number of benzene rings is 1. The molecule has 0 aliphatic heterocycles. The first-order valence-corrected chi connectivity index (χ1v) is 5.94. The van der Waals surface area contributed by atoms with Crippen molar-refractivity contribution in [1.29, 1.82) is 5.26 Å². The average Bonchev–Trinajstić information content (AvgIpc) is 2.43. The van der Waals surface area contributed by atoms with E-state index in [1.54, 1.807) is 19.0 Å². The van der Waals surface area contributed by atoms with Crippen LogP contribution in [0.3, 0.4) is 0 Å². The number of rotatable bonds is 3. The Labute approximate surface area is 115 Å². The summed E-state index contributed by atoms with van der Waals surface area (Å²) in [5.74, 6) is -0.464. The number of nitriles is 1. The fraction of sp³-hybridized carbons (Fsp3) is 0.214. The Morgan fingerprint density at radius 3 is 2.75 bits per heavy atom. The first-order valence-electron chi connectivity index (χ1n) is 5.94. The van der Waals surface area contributed by atoms with E-state index in [0.717, 1.165) is 4.68 Å². The average molecular weight is 272 g/mol. The Kier molecular flexibility index (Phi) is 3.80. The molecule has 0 bridgehead atoms. The Bertz CT molecular complexity index is 731. The molecule has 0 spiro atoms. The molecule has 0 amide bonds. The van der Waals surface area contributed by atoms with Crippen molar-refractivity contribution in [3.63, 3.8) is 0 Å². The minimum absolute atomic E-state index is 0.00606. The van der Waals surface area contributed by atoms with Gasteiger partial charge < -0.3 is 4.90 Å². The molecule has 2 rings (SSSR count). The van der Waals surface area contributed by atoms with Crippen LogP contribution in [0.25, 0.3) is 0 Å². The second-order valence-electron chi connectivity index (χ2n) is 4.52. The lowest BCUT2D eigenvalue weighted by Gasteiger charge is -2.12. The van der Waals surface area contributed by atoms with Crippen molar-refractivity contribution in [1.82, 2.24) is 9.78 Å². The van der Waals surface area contributed by atoms with Crippen molar-refractivity contribution >= 4 is 5.69 Å². The highest BCUT2D eigenvalue weighted by molar-refractivity contribution is 5.40. The van der Waals surface area contributed by atoms with Crippen molar-refractivity contribution in [2.75, 3.05) is 19.0 Å². The fourth-order valence-electron chi connectivity index (χ4n) is 1.71. The molecule has 0 atom stereocenters. The monoisotopic (exact) mass is 272 g/mol. The molecular weight excluding hydrogens is 259 g/mol. The molecule has 5 nitrogen and oxygen atoms in total. The van der Waals surface area contributed by atoms with Crippen LogP contribution in [0.4, 0.5) is 10.1 Å². The van der Waals surface area contributed by atoms with Gasteiger partial charge in [0.15, 0.2) is 0 Å². The first-order chi connectivity index (χ1) is 9.51. The fourth-order valence-corrected chi connectivity index (χ4v) is 1.71. The summed E-state index contributed by atoms with van der Waals surface area (Å²) in [6.45, 7) is -0.00606. The number of anilines is 1. The predicted octanol–water partition coefficient (Wildman–Crippen LogP) is 1.37. The summed E-state index contributed by atoms with van der Waals surface area (Å²) in [5.41, 5.74) is 0.964. The standard InChI is InChI=1S/C14H13FN4O/c1-18(2)12-6-14(20)19(17-8-12)9-11-5-10(7-16)3-4-13(11)15/h3-6,8H,9H2,1-2H3. The molecule has 0 unspecified atom stereocenters. The van der Waals surface area contributed by atoms with Gasteiger partial charge in [0.05, 0.1) is 30.1 Å². The van der Waals surface area contributed by atoms with Gasteiger partial charge in [-0.25, -0.2) is 9.07 Å². The maximum absolute atomic E-state index is 13.7. The van der Waals surface area contributed by atoms with E-state index < -0.39 is 5.82 Å². The third kappa shape index (κ3) is 2.83. The van der Waals surface area contributed by atoms with Crippen molar-refractivity contribution in [3.8, 4) is 6.07 Å². The molecule has 20 heavy (non-hydrogen) atoms. The zero-order valence-electron chi connectivity index (χ0n) is 11.2. The van der Waals surface area contributed by atoms with E-state index in [1.165, 1.54) is 30.5 Å². The summed E-state index contributed by atoms with van der Waals surface area (Å²) >= 11 is 0. The number of aromatic nitrogens is 2. The number of hydrogen-bond acceptors (Lipinski definition) is 4. The lowest BCUT2D eigenvalue weighted by atomic mass is 10.1. The molecule has 102 valence electrons. The van der Waals surface area contributed by atoms with E-state index in [-0.39, 0.29) is 17.7 Å². The van der Waals surface area contributed by atoms with Gasteiger partial charge in [-0.3, -0.25) is 4.79 Å². The predicted molar refractivity (Wildman–Crippen MR) is 73.0 cm³/mol. The first kappa shape index (κ1) is 13.7. The molecule has 0 aliphatic carbocycles. The summed E-state index contributed by atoms with van der Waals surface area (Å²) in [6.07, 6.45) is 1.54. The van der Waals surface area contributed by atoms with Crippen LogP contribution in [0.2, 0.25) is 0 Å². The van der Waals surface area contributed by atoms with Crippen LogP contribution in [0.15, 0.2) is 35.3 Å². The molecule has 1 aromatic heterocycles. The second-order valence-corrected chi connectivity index (χ2v) is 4.52. The molecule has 0 fully saturated rings. The maximum Gasteiger partial charge on any atom is 0.269 e. The minimum Gasteiger partial charge on any atom is -0.376 e. The van der Waals surface area contributed by atoms with Crippen LogP contribution in [0.5, 0.6) is 0 Å². The van der Waals surface area contributed by atoms with Crippen LogP contribution < -0.4 is 10.5 Å². The topological polar surface area (TPSA) is 61.9 Å². The van der Waals surface area contributed by atoms with E-state index in [2.05, 4.69) is 5.10 Å². The largest absolute Gasteiger partial charge is 0.376 e. The molecule has 0 N–H and O–H groups in total. The molecule has 6 heteroatoms. The SMILES string of the molecule is CN(C)c1cnn(Cc2cc(C#N)ccc2F)c(=O)c1. The summed E-state index contributed by atoms with van der Waals surface area (Å²) in [6, 6.07) is 7.40. The molecule has 1 heterocycles. The summed E-state index contributed by atoms with van der Waals surface area (Å²) in [4.78, 5) is 13.7. The molecular formula is C14H13FN4O. The molecule has 0 radical (unpaired) electrons. The van der Waals surface area contributed by atoms with E-state index in [0.29, 0.717) is 11.3 Å². The van der Waals surface area contributed by atoms with Gasteiger partial charge in [-0.05, 0) is 18.2 Å². The van der Waals surface area contributed by atoms with Gasteiger partial charge in [-0.2, -0.15) is 10.4 Å². The van der Waals surface area contributed by atoms with Gasteiger partial charge >= 0.3 is 0 Å². The summed E-state index contributed by atoms with van der Waals surface area (Å²) in [5, 5.41) is 12.8. The van der Waals surface area contributed by atoms with Crippen LogP contribution >= 0.6 is 0 Å². The Morgan fingerprint density at radius 1 is 1.40 bits per heavy atom. The quantitative estimate of drug-likeness (QED) is 0.846. The van der Waals surface area contributed by atoms with Crippen molar-refractivity contribution in [3.05, 3.63) is 57.8 Å². The second kappa shape index (κ2) is 5.53. The van der Waals surface area contributed by atoms with Crippen LogP contribution in [0.1, 0.15) is 11.1 Å². The smallest absolute Gasteiger partial charge is 0.269 e. The van der Waals surface area contributed by atoms with Gasteiger partial charge in [0.25, 0.3) is 5.56 Å². The number of halogens is 1. The Hall–Kier alpha value is -2.68. The highest BCUT2D eigenvalue weighted by atomic mass is 19.1. The molecule has 2 aromatic rings. The summed E-state index contributed by atoms with van der Waals surface area (Å²) < 4.78 is 14.8. The normalized spacial score (nSPS) is 10.1. The van der Waals surface area contributed by atoms with Gasteiger partial charge in [0.2, 0.25) is 0 Å². The number of hydrogen-bond donors (Lipinski definition) is 0. The van der Waals surface area contributed by atoms with E-state index in [4.69, 9.17) is 5.26 Å². The van der Waals surface area contributed by atoms with Crippen LogP contribution in [0, 0.1) is 17.1 Å². The van der Waals surface area contributed by atoms with E-state index in [1.807, 2.05) is 6.07 Å². The lowest BCUT2D eigenvalue weighted by Crippen LogP contribution is -2.25.